The fourth-order valence-corrected chi connectivity index (χ4v) is 2.97. The fraction of sp³-hybridized carbons (Fsp3) is 0.647. The highest BCUT2D eigenvalue weighted by Crippen LogP contribution is 2.29. The lowest BCUT2D eigenvalue weighted by Gasteiger charge is -2.15. The summed E-state index contributed by atoms with van der Waals surface area (Å²) in [5.41, 5.74) is 0.475. The molecule has 0 spiro atoms. The average Bonchev–Trinajstić information content (AvgIpc) is 3.27. The Hall–Kier alpha value is -2.42. The molecular formula is C17H24N4O5. The van der Waals surface area contributed by atoms with E-state index in [1.54, 1.807) is 10.9 Å². The zero-order valence-electron chi connectivity index (χ0n) is 14.8. The summed E-state index contributed by atoms with van der Waals surface area (Å²) in [7, 11) is 0. The Bertz CT molecular complexity index is 787. The zero-order chi connectivity index (χ0) is 18.4. The second kappa shape index (κ2) is 8.79. The lowest BCUT2D eigenvalue weighted by molar-refractivity contribution is -0.0372. The molecule has 1 fully saturated rings. The summed E-state index contributed by atoms with van der Waals surface area (Å²) < 4.78 is 17.8. The Kier molecular flexibility index (Phi) is 6.21. The SMILES string of the molecule is CCCCCCOC(=O)OC[C@@H]1CC[C@H](n2cnc3c(=O)[nH]cnc32)O1. The maximum atomic E-state index is 11.7. The quantitative estimate of drug-likeness (QED) is 0.566. The highest BCUT2D eigenvalue weighted by atomic mass is 16.7. The molecule has 1 aliphatic rings. The van der Waals surface area contributed by atoms with E-state index in [1.165, 1.54) is 6.33 Å². The van der Waals surface area contributed by atoms with Gasteiger partial charge in [-0.3, -0.25) is 9.36 Å². The first-order valence-electron chi connectivity index (χ1n) is 9.04. The van der Waals surface area contributed by atoms with Crippen LogP contribution in [-0.2, 0) is 14.2 Å². The number of hydrogen-bond donors (Lipinski definition) is 1. The summed E-state index contributed by atoms with van der Waals surface area (Å²) in [6, 6.07) is 0. The Labute approximate surface area is 150 Å². The maximum Gasteiger partial charge on any atom is 0.508 e. The van der Waals surface area contributed by atoms with Crippen molar-refractivity contribution in [1.29, 1.82) is 0 Å². The number of nitrogens with zero attached hydrogens (tertiary/aromatic N) is 3. The third-order valence-electron chi connectivity index (χ3n) is 4.37. The van der Waals surface area contributed by atoms with Gasteiger partial charge in [0.25, 0.3) is 5.56 Å². The van der Waals surface area contributed by atoms with Crippen LogP contribution in [0.15, 0.2) is 17.4 Å². The number of aromatic amines is 1. The van der Waals surface area contributed by atoms with Crippen LogP contribution in [0.3, 0.4) is 0 Å². The molecule has 1 aliphatic heterocycles. The number of ether oxygens (including phenoxy) is 3. The number of H-pyrrole nitrogens is 1. The van der Waals surface area contributed by atoms with Gasteiger partial charge >= 0.3 is 6.16 Å². The first-order valence-corrected chi connectivity index (χ1v) is 9.04. The molecule has 9 heteroatoms. The first-order chi connectivity index (χ1) is 12.7. The van der Waals surface area contributed by atoms with Crippen LogP contribution in [-0.4, -0.2) is 45.0 Å². The molecular weight excluding hydrogens is 340 g/mol. The molecule has 26 heavy (non-hydrogen) atoms. The molecule has 1 N–H and O–H groups in total. The summed E-state index contributed by atoms with van der Waals surface area (Å²) in [6.07, 6.45) is 7.37. The highest BCUT2D eigenvalue weighted by Gasteiger charge is 2.29. The standard InChI is InChI=1S/C17H24N4O5/c1-2-3-4-5-8-24-17(23)25-9-12-6-7-13(26-12)21-11-20-14-15(21)18-10-19-16(14)22/h10-13H,2-9H2,1H3,(H,18,19,22)/t12-,13+/m0/s1. The van der Waals surface area contributed by atoms with Gasteiger partial charge in [0.15, 0.2) is 11.2 Å². The predicted octanol–water partition coefficient (Wildman–Crippen LogP) is 2.53. The van der Waals surface area contributed by atoms with Crippen molar-refractivity contribution in [2.75, 3.05) is 13.2 Å². The molecule has 2 aromatic rings. The summed E-state index contributed by atoms with van der Waals surface area (Å²) >= 11 is 0. The van der Waals surface area contributed by atoms with E-state index in [1.807, 2.05) is 0 Å². The van der Waals surface area contributed by atoms with E-state index in [4.69, 9.17) is 14.2 Å². The molecule has 142 valence electrons. The maximum absolute atomic E-state index is 11.7. The van der Waals surface area contributed by atoms with Gasteiger partial charge in [-0.1, -0.05) is 26.2 Å². The topological polar surface area (TPSA) is 108 Å². The molecule has 3 heterocycles. The summed E-state index contributed by atoms with van der Waals surface area (Å²) in [6.45, 7) is 2.66. The minimum atomic E-state index is -0.658. The molecule has 2 aromatic heterocycles. The van der Waals surface area contributed by atoms with Gasteiger partial charge in [-0.25, -0.2) is 14.8 Å². The predicted molar refractivity (Wildman–Crippen MR) is 92.7 cm³/mol. The minimum Gasteiger partial charge on any atom is -0.434 e. The van der Waals surface area contributed by atoms with Crippen molar-refractivity contribution in [3.63, 3.8) is 0 Å². The second-order valence-corrected chi connectivity index (χ2v) is 6.32. The van der Waals surface area contributed by atoms with Crippen molar-refractivity contribution in [3.05, 3.63) is 23.0 Å². The smallest absolute Gasteiger partial charge is 0.434 e. The van der Waals surface area contributed by atoms with E-state index in [2.05, 4.69) is 21.9 Å². The van der Waals surface area contributed by atoms with Crippen LogP contribution in [0.1, 0.15) is 51.7 Å². The minimum absolute atomic E-state index is 0.144. The van der Waals surface area contributed by atoms with Crippen LogP contribution in [0.4, 0.5) is 4.79 Å². The van der Waals surface area contributed by atoms with Gasteiger partial charge < -0.3 is 19.2 Å². The number of imidazole rings is 1. The van der Waals surface area contributed by atoms with E-state index in [9.17, 15) is 9.59 Å². The molecule has 2 atom stereocenters. The molecule has 0 aromatic carbocycles. The van der Waals surface area contributed by atoms with E-state index < -0.39 is 6.16 Å². The van der Waals surface area contributed by atoms with Crippen LogP contribution in [0, 0.1) is 0 Å². The van der Waals surface area contributed by atoms with Crippen LogP contribution < -0.4 is 5.56 Å². The van der Waals surface area contributed by atoms with Crippen LogP contribution in [0.25, 0.3) is 11.2 Å². The van der Waals surface area contributed by atoms with Gasteiger partial charge in [0.1, 0.15) is 12.8 Å². The number of aromatic nitrogens is 4. The third-order valence-corrected chi connectivity index (χ3v) is 4.37. The second-order valence-electron chi connectivity index (χ2n) is 6.32. The van der Waals surface area contributed by atoms with Gasteiger partial charge in [0, 0.05) is 0 Å². The van der Waals surface area contributed by atoms with Crippen molar-refractivity contribution >= 4 is 17.3 Å². The molecule has 3 rings (SSSR count). The Morgan fingerprint density at radius 2 is 2.19 bits per heavy atom. The molecule has 0 aliphatic carbocycles. The average molecular weight is 364 g/mol. The Balaban J connectivity index is 1.44. The number of carbonyl (C=O) groups excluding carboxylic acids is 1. The van der Waals surface area contributed by atoms with Gasteiger partial charge in [-0.15, -0.1) is 0 Å². The molecule has 0 unspecified atom stereocenters. The third kappa shape index (κ3) is 4.40. The van der Waals surface area contributed by atoms with Crippen molar-refractivity contribution < 1.29 is 19.0 Å². The molecule has 9 nitrogen and oxygen atoms in total. The van der Waals surface area contributed by atoms with Crippen molar-refractivity contribution in [2.45, 2.75) is 57.8 Å². The van der Waals surface area contributed by atoms with Gasteiger partial charge in [-0.2, -0.15) is 0 Å². The number of rotatable bonds is 8. The Morgan fingerprint density at radius 1 is 1.31 bits per heavy atom. The molecule has 0 radical (unpaired) electrons. The molecule has 0 amide bonds. The van der Waals surface area contributed by atoms with Gasteiger partial charge in [0.05, 0.1) is 25.4 Å². The first kappa shape index (κ1) is 18.4. The Morgan fingerprint density at radius 3 is 3.04 bits per heavy atom. The summed E-state index contributed by atoms with van der Waals surface area (Å²) in [5, 5.41) is 0. The van der Waals surface area contributed by atoms with Crippen molar-refractivity contribution in [3.8, 4) is 0 Å². The van der Waals surface area contributed by atoms with E-state index in [-0.39, 0.29) is 30.0 Å². The number of carbonyl (C=O) groups is 1. The molecule has 0 bridgehead atoms. The van der Waals surface area contributed by atoms with E-state index >= 15 is 0 Å². The number of unbranched alkanes of at least 4 members (excludes halogenated alkanes) is 3. The monoisotopic (exact) mass is 364 g/mol. The van der Waals surface area contributed by atoms with Crippen molar-refractivity contribution in [2.24, 2.45) is 0 Å². The molecule has 1 saturated heterocycles. The van der Waals surface area contributed by atoms with Gasteiger partial charge in [0.2, 0.25) is 0 Å². The lowest BCUT2D eigenvalue weighted by Crippen LogP contribution is -2.20. The lowest BCUT2D eigenvalue weighted by atomic mass is 10.2. The number of hydrogen-bond acceptors (Lipinski definition) is 7. The van der Waals surface area contributed by atoms with Crippen LogP contribution >= 0.6 is 0 Å². The zero-order valence-corrected chi connectivity index (χ0v) is 14.8. The van der Waals surface area contributed by atoms with Crippen LogP contribution in [0.2, 0.25) is 0 Å². The summed E-state index contributed by atoms with van der Waals surface area (Å²) in [4.78, 5) is 34.0. The largest absolute Gasteiger partial charge is 0.508 e. The van der Waals surface area contributed by atoms with Crippen LogP contribution in [0.5, 0.6) is 0 Å². The van der Waals surface area contributed by atoms with Crippen molar-refractivity contribution in [1.82, 2.24) is 19.5 Å². The molecule has 0 saturated carbocycles. The number of fused-ring (bicyclic) bond motifs is 1. The summed E-state index contributed by atoms with van der Waals surface area (Å²) in [5.74, 6) is 0. The normalized spacial score (nSPS) is 19.7. The number of nitrogens with one attached hydrogen (secondary N) is 1. The highest BCUT2D eigenvalue weighted by molar-refractivity contribution is 5.68. The fourth-order valence-electron chi connectivity index (χ4n) is 2.97. The van der Waals surface area contributed by atoms with Gasteiger partial charge in [-0.05, 0) is 19.3 Å². The van der Waals surface area contributed by atoms with E-state index in [0.29, 0.717) is 12.3 Å². The van der Waals surface area contributed by atoms with E-state index in [0.717, 1.165) is 38.5 Å².